The second kappa shape index (κ2) is 9.47. The third-order valence-electron chi connectivity index (χ3n) is 4.75. The van der Waals surface area contributed by atoms with E-state index in [4.69, 9.17) is 11.6 Å². The Morgan fingerprint density at radius 1 is 1.33 bits per heavy atom. The van der Waals surface area contributed by atoms with E-state index in [0.29, 0.717) is 34.7 Å². The normalized spacial score (nSPS) is 15.7. The Morgan fingerprint density at radius 2 is 2.15 bits per heavy atom. The fraction of sp³-hybridized carbons (Fsp3) is 0.381. The van der Waals surface area contributed by atoms with Crippen LogP contribution in [0, 0.1) is 5.82 Å². The van der Waals surface area contributed by atoms with Crippen LogP contribution in [0.1, 0.15) is 24.5 Å². The highest BCUT2D eigenvalue weighted by Gasteiger charge is 2.24. The summed E-state index contributed by atoms with van der Waals surface area (Å²) in [5.74, 6) is 0.448. The molecule has 1 amide bonds. The lowest BCUT2D eigenvalue weighted by atomic mass is 10.1. The van der Waals surface area contributed by atoms with Crippen molar-refractivity contribution in [2.45, 2.75) is 31.6 Å². The van der Waals surface area contributed by atoms with Crippen LogP contribution in [0.5, 0.6) is 0 Å². The van der Waals surface area contributed by atoms with Crippen LogP contribution in [0.2, 0.25) is 5.02 Å². The molecule has 2 aromatic carbocycles. The Morgan fingerprint density at radius 3 is 2.96 bits per heavy atom. The summed E-state index contributed by atoms with van der Waals surface area (Å²) in [5.41, 5.74) is 3.29. The zero-order valence-electron chi connectivity index (χ0n) is 15.4. The van der Waals surface area contributed by atoms with Gasteiger partial charge in [-0.15, -0.1) is 11.8 Å². The minimum absolute atomic E-state index is 0.00996. The maximum atomic E-state index is 13.7. The van der Waals surface area contributed by atoms with Crippen LogP contribution < -0.4 is 10.2 Å². The van der Waals surface area contributed by atoms with Crippen LogP contribution in [-0.2, 0) is 17.0 Å². The van der Waals surface area contributed by atoms with Crippen LogP contribution in [-0.4, -0.2) is 30.8 Å². The number of nitrogens with zero attached hydrogens (tertiary/aromatic N) is 1. The third kappa shape index (κ3) is 5.39. The standard InChI is InChI=1S/C21H24ClFN2OS/c1-15-11-16-5-2-3-6-20(16)25(15)10-4-9-24-21(26)14-27-13-17-7-8-18(22)12-19(17)23/h2-3,5-8,12,15H,4,9-11,13-14H2,1H3,(H,24,26). The minimum atomic E-state index is -0.324. The third-order valence-corrected chi connectivity index (χ3v) is 5.97. The van der Waals surface area contributed by atoms with Gasteiger partial charge in [-0.05, 0) is 49.1 Å². The quantitative estimate of drug-likeness (QED) is 0.646. The molecule has 144 valence electrons. The van der Waals surface area contributed by atoms with Crippen molar-refractivity contribution < 1.29 is 9.18 Å². The number of carbonyl (C=O) groups is 1. The fourth-order valence-electron chi connectivity index (χ4n) is 3.39. The topological polar surface area (TPSA) is 32.3 Å². The van der Waals surface area contributed by atoms with Gasteiger partial charge in [-0.25, -0.2) is 4.39 Å². The molecule has 0 spiro atoms. The summed E-state index contributed by atoms with van der Waals surface area (Å²) < 4.78 is 13.7. The van der Waals surface area contributed by atoms with E-state index in [1.54, 1.807) is 12.1 Å². The molecule has 3 rings (SSSR count). The molecule has 3 nitrogen and oxygen atoms in total. The maximum Gasteiger partial charge on any atom is 0.230 e. The summed E-state index contributed by atoms with van der Waals surface area (Å²) in [6.45, 7) is 3.83. The molecular formula is C21H24ClFN2OS. The van der Waals surface area contributed by atoms with Gasteiger partial charge in [-0.3, -0.25) is 4.79 Å². The number of hydrogen-bond donors (Lipinski definition) is 1. The molecule has 0 bridgehead atoms. The maximum absolute atomic E-state index is 13.7. The second-order valence-electron chi connectivity index (χ2n) is 6.81. The summed E-state index contributed by atoms with van der Waals surface area (Å²) in [6.07, 6.45) is 1.99. The minimum Gasteiger partial charge on any atom is -0.368 e. The summed E-state index contributed by atoms with van der Waals surface area (Å²) in [4.78, 5) is 14.4. The average molecular weight is 407 g/mol. The number of carbonyl (C=O) groups excluding carboxylic acids is 1. The molecule has 0 aromatic heterocycles. The molecule has 1 aliphatic rings. The van der Waals surface area contributed by atoms with Crippen molar-refractivity contribution in [1.29, 1.82) is 0 Å². The van der Waals surface area contributed by atoms with Crippen molar-refractivity contribution in [3.8, 4) is 0 Å². The van der Waals surface area contributed by atoms with Gasteiger partial charge in [0.05, 0.1) is 5.75 Å². The lowest BCUT2D eigenvalue weighted by molar-refractivity contribution is -0.118. The van der Waals surface area contributed by atoms with Gasteiger partial charge in [-0.2, -0.15) is 0 Å². The summed E-state index contributed by atoms with van der Waals surface area (Å²) >= 11 is 7.15. The molecular weight excluding hydrogens is 383 g/mol. The largest absolute Gasteiger partial charge is 0.368 e. The predicted octanol–water partition coefficient (Wildman–Crippen LogP) is 4.67. The number of benzene rings is 2. The zero-order valence-corrected chi connectivity index (χ0v) is 17.0. The molecule has 1 N–H and O–H groups in total. The molecule has 0 aliphatic carbocycles. The molecule has 0 saturated carbocycles. The van der Waals surface area contributed by atoms with Crippen LogP contribution >= 0.6 is 23.4 Å². The number of nitrogens with one attached hydrogen (secondary N) is 1. The first-order valence-corrected chi connectivity index (χ1v) is 10.7. The average Bonchev–Trinajstić information content (AvgIpc) is 2.96. The highest BCUT2D eigenvalue weighted by molar-refractivity contribution is 7.99. The van der Waals surface area contributed by atoms with E-state index < -0.39 is 0 Å². The Balaban J connectivity index is 1.34. The highest BCUT2D eigenvalue weighted by Crippen LogP contribution is 2.31. The van der Waals surface area contributed by atoms with E-state index in [1.807, 2.05) is 0 Å². The first-order chi connectivity index (χ1) is 13.0. The summed E-state index contributed by atoms with van der Waals surface area (Å²) in [6, 6.07) is 13.7. The molecule has 27 heavy (non-hydrogen) atoms. The predicted molar refractivity (Wildman–Crippen MR) is 112 cm³/mol. The molecule has 0 saturated heterocycles. The zero-order chi connectivity index (χ0) is 19.2. The smallest absolute Gasteiger partial charge is 0.230 e. The van der Waals surface area contributed by atoms with Crippen molar-refractivity contribution in [3.05, 3.63) is 64.4 Å². The Labute approximate surface area is 169 Å². The molecule has 0 radical (unpaired) electrons. The molecule has 2 aromatic rings. The molecule has 1 unspecified atom stereocenters. The number of rotatable bonds is 8. The van der Waals surface area contributed by atoms with Crippen molar-refractivity contribution in [2.75, 3.05) is 23.7 Å². The molecule has 0 fully saturated rings. The van der Waals surface area contributed by atoms with Crippen molar-refractivity contribution in [3.63, 3.8) is 0 Å². The van der Waals surface area contributed by atoms with E-state index in [1.165, 1.54) is 29.1 Å². The van der Waals surface area contributed by atoms with Crippen LogP contribution in [0.4, 0.5) is 10.1 Å². The number of fused-ring (bicyclic) bond motifs is 1. The monoisotopic (exact) mass is 406 g/mol. The van der Waals surface area contributed by atoms with Crippen LogP contribution in [0.3, 0.4) is 0 Å². The van der Waals surface area contributed by atoms with Gasteiger partial charge in [0.25, 0.3) is 0 Å². The highest BCUT2D eigenvalue weighted by atomic mass is 35.5. The number of thioether (sulfide) groups is 1. The number of para-hydroxylation sites is 1. The molecule has 1 heterocycles. The summed E-state index contributed by atoms with van der Waals surface area (Å²) in [7, 11) is 0. The number of halogens is 2. The SMILES string of the molecule is CC1Cc2ccccc2N1CCCNC(=O)CSCc1ccc(Cl)cc1F. The van der Waals surface area contributed by atoms with E-state index in [0.717, 1.165) is 19.4 Å². The number of hydrogen-bond acceptors (Lipinski definition) is 3. The molecule has 1 atom stereocenters. The van der Waals surface area contributed by atoms with Crippen molar-refractivity contribution in [1.82, 2.24) is 5.32 Å². The molecule has 1 aliphatic heterocycles. The first kappa shape index (κ1) is 20.0. The van der Waals surface area contributed by atoms with Crippen LogP contribution in [0.25, 0.3) is 0 Å². The van der Waals surface area contributed by atoms with Crippen molar-refractivity contribution in [2.24, 2.45) is 0 Å². The summed E-state index contributed by atoms with van der Waals surface area (Å²) in [5, 5.41) is 3.34. The van der Waals surface area contributed by atoms with Crippen LogP contribution in [0.15, 0.2) is 42.5 Å². The van der Waals surface area contributed by atoms with E-state index in [9.17, 15) is 9.18 Å². The van der Waals surface area contributed by atoms with Crippen molar-refractivity contribution >= 4 is 35.0 Å². The molecule has 6 heteroatoms. The first-order valence-electron chi connectivity index (χ1n) is 9.17. The van der Waals surface area contributed by atoms with Gasteiger partial charge >= 0.3 is 0 Å². The number of amides is 1. The van der Waals surface area contributed by atoms with E-state index in [2.05, 4.69) is 41.4 Å². The van der Waals surface area contributed by atoms with Gasteiger partial charge in [-0.1, -0.05) is 35.9 Å². The Kier molecular flexibility index (Phi) is 7.02. The van der Waals surface area contributed by atoms with Gasteiger partial charge in [0.15, 0.2) is 0 Å². The number of anilines is 1. The van der Waals surface area contributed by atoms with Gasteiger partial charge < -0.3 is 10.2 Å². The van der Waals surface area contributed by atoms with E-state index >= 15 is 0 Å². The lowest BCUT2D eigenvalue weighted by Gasteiger charge is -2.24. The Hall–Kier alpha value is -1.72. The lowest BCUT2D eigenvalue weighted by Crippen LogP contribution is -2.33. The van der Waals surface area contributed by atoms with Gasteiger partial charge in [0.1, 0.15) is 5.82 Å². The van der Waals surface area contributed by atoms with E-state index in [-0.39, 0.29) is 11.7 Å². The van der Waals surface area contributed by atoms with Gasteiger partial charge in [0, 0.05) is 35.6 Å². The Bertz CT molecular complexity index is 802. The fourth-order valence-corrected chi connectivity index (χ4v) is 4.39. The second-order valence-corrected chi connectivity index (χ2v) is 8.23. The van der Waals surface area contributed by atoms with Gasteiger partial charge in [0.2, 0.25) is 5.91 Å².